The summed E-state index contributed by atoms with van der Waals surface area (Å²) in [6.07, 6.45) is 6.05. The first-order chi connectivity index (χ1) is 13.6. The molecule has 0 bridgehead atoms. The van der Waals surface area contributed by atoms with Crippen LogP contribution in [0.5, 0.6) is 0 Å². The van der Waals surface area contributed by atoms with E-state index in [-0.39, 0.29) is 5.91 Å². The van der Waals surface area contributed by atoms with Gasteiger partial charge >= 0.3 is 0 Å². The van der Waals surface area contributed by atoms with E-state index in [1.54, 1.807) is 29.6 Å². The molecule has 5 heteroatoms. The SMILES string of the molecule is CCN(c1cccc(C)c1)c1cc(C(=O)N(C)CCc2ccncc2)ccn1. The van der Waals surface area contributed by atoms with Crippen LogP contribution in [0.15, 0.2) is 67.1 Å². The largest absolute Gasteiger partial charge is 0.341 e. The molecule has 144 valence electrons. The summed E-state index contributed by atoms with van der Waals surface area (Å²) in [7, 11) is 1.84. The van der Waals surface area contributed by atoms with Crippen LogP contribution in [-0.2, 0) is 6.42 Å². The standard InChI is InChI=1S/C23H26N4O/c1-4-27(21-7-5-6-18(2)16-21)22-17-20(10-14-25-22)23(28)26(3)15-11-19-8-12-24-13-9-19/h5-10,12-14,16-17H,4,11,15H2,1-3H3. The molecule has 2 heterocycles. The molecule has 0 unspecified atom stereocenters. The number of aromatic nitrogens is 2. The van der Waals surface area contributed by atoms with Crippen LogP contribution >= 0.6 is 0 Å². The number of carbonyl (C=O) groups is 1. The summed E-state index contributed by atoms with van der Waals surface area (Å²) in [6, 6.07) is 15.9. The van der Waals surface area contributed by atoms with E-state index in [4.69, 9.17) is 0 Å². The molecule has 0 saturated carbocycles. The number of hydrogen-bond acceptors (Lipinski definition) is 4. The lowest BCUT2D eigenvalue weighted by atomic mass is 10.1. The minimum absolute atomic E-state index is 0.00185. The molecule has 5 nitrogen and oxygen atoms in total. The van der Waals surface area contributed by atoms with Crippen molar-refractivity contribution in [1.29, 1.82) is 0 Å². The van der Waals surface area contributed by atoms with Gasteiger partial charge < -0.3 is 9.80 Å². The van der Waals surface area contributed by atoms with Crippen LogP contribution in [0.4, 0.5) is 11.5 Å². The van der Waals surface area contributed by atoms with Crippen LogP contribution in [0.25, 0.3) is 0 Å². The Balaban J connectivity index is 1.75. The quantitative estimate of drug-likeness (QED) is 0.620. The van der Waals surface area contributed by atoms with Gasteiger partial charge in [0.05, 0.1) is 0 Å². The fraction of sp³-hybridized carbons (Fsp3) is 0.261. The Hall–Kier alpha value is -3.21. The number of nitrogens with zero attached hydrogens (tertiary/aromatic N) is 4. The molecule has 28 heavy (non-hydrogen) atoms. The molecule has 0 atom stereocenters. The minimum Gasteiger partial charge on any atom is -0.341 e. The molecule has 0 spiro atoms. The van der Waals surface area contributed by atoms with Crippen molar-refractivity contribution in [3.8, 4) is 0 Å². The molecule has 0 fully saturated rings. The van der Waals surface area contributed by atoms with Crippen molar-refractivity contribution in [2.75, 3.05) is 25.0 Å². The lowest BCUT2D eigenvalue weighted by molar-refractivity contribution is 0.0796. The van der Waals surface area contributed by atoms with Crippen molar-refractivity contribution in [1.82, 2.24) is 14.9 Å². The summed E-state index contributed by atoms with van der Waals surface area (Å²) in [6.45, 7) is 5.57. The van der Waals surface area contributed by atoms with Crippen LogP contribution in [0.1, 0.15) is 28.4 Å². The van der Waals surface area contributed by atoms with Crippen molar-refractivity contribution >= 4 is 17.4 Å². The minimum atomic E-state index is -0.00185. The molecular weight excluding hydrogens is 348 g/mol. The van der Waals surface area contributed by atoms with Gasteiger partial charge in [-0.05, 0) is 67.8 Å². The van der Waals surface area contributed by atoms with E-state index in [9.17, 15) is 4.79 Å². The topological polar surface area (TPSA) is 49.3 Å². The molecule has 2 aromatic heterocycles. The average Bonchev–Trinajstić information content (AvgIpc) is 2.73. The van der Waals surface area contributed by atoms with Crippen molar-refractivity contribution in [2.45, 2.75) is 20.3 Å². The fourth-order valence-electron chi connectivity index (χ4n) is 3.14. The van der Waals surface area contributed by atoms with Crippen LogP contribution in [-0.4, -0.2) is 40.9 Å². The van der Waals surface area contributed by atoms with E-state index in [2.05, 4.69) is 46.9 Å². The Labute approximate surface area is 166 Å². The summed E-state index contributed by atoms with van der Waals surface area (Å²) in [5, 5.41) is 0. The van der Waals surface area contributed by atoms with E-state index in [1.807, 2.05) is 31.3 Å². The summed E-state index contributed by atoms with van der Waals surface area (Å²) >= 11 is 0. The number of anilines is 2. The summed E-state index contributed by atoms with van der Waals surface area (Å²) in [5.41, 5.74) is 4.08. The van der Waals surface area contributed by atoms with Crippen LogP contribution < -0.4 is 4.90 Å². The number of benzene rings is 1. The van der Waals surface area contributed by atoms with Gasteiger partial charge in [-0.25, -0.2) is 4.98 Å². The number of rotatable bonds is 7. The van der Waals surface area contributed by atoms with Gasteiger partial charge in [-0.15, -0.1) is 0 Å². The summed E-state index contributed by atoms with van der Waals surface area (Å²) in [4.78, 5) is 25.3. The first-order valence-electron chi connectivity index (χ1n) is 9.53. The number of amides is 1. The first-order valence-corrected chi connectivity index (χ1v) is 9.53. The van der Waals surface area contributed by atoms with Gasteiger partial charge in [0.25, 0.3) is 5.91 Å². The van der Waals surface area contributed by atoms with Crippen molar-refractivity contribution in [3.05, 3.63) is 83.8 Å². The first kappa shape index (κ1) is 19.5. The molecule has 0 N–H and O–H groups in total. The molecule has 0 radical (unpaired) electrons. The zero-order chi connectivity index (χ0) is 19.9. The van der Waals surface area contributed by atoms with Gasteiger partial charge in [0, 0.05) is 50.0 Å². The molecule has 3 rings (SSSR count). The molecule has 0 aliphatic carbocycles. The number of hydrogen-bond donors (Lipinski definition) is 0. The van der Waals surface area contributed by atoms with E-state index in [0.717, 1.165) is 24.5 Å². The van der Waals surface area contributed by atoms with E-state index in [1.165, 1.54) is 11.1 Å². The van der Waals surface area contributed by atoms with Crippen molar-refractivity contribution in [2.24, 2.45) is 0 Å². The van der Waals surface area contributed by atoms with E-state index < -0.39 is 0 Å². The highest BCUT2D eigenvalue weighted by Crippen LogP contribution is 2.25. The highest BCUT2D eigenvalue weighted by Gasteiger charge is 2.15. The Morgan fingerprint density at radius 1 is 1.04 bits per heavy atom. The Morgan fingerprint density at radius 2 is 1.82 bits per heavy atom. The Morgan fingerprint density at radius 3 is 2.54 bits per heavy atom. The Bertz CT molecular complexity index is 927. The smallest absolute Gasteiger partial charge is 0.253 e. The van der Waals surface area contributed by atoms with Gasteiger partial charge in [-0.1, -0.05) is 12.1 Å². The van der Waals surface area contributed by atoms with E-state index in [0.29, 0.717) is 12.1 Å². The van der Waals surface area contributed by atoms with Gasteiger partial charge in [-0.2, -0.15) is 0 Å². The van der Waals surface area contributed by atoms with Crippen LogP contribution in [0.2, 0.25) is 0 Å². The fourth-order valence-corrected chi connectivity index (χ4v) is 3.14. The van der Waals surface area contributed by atoms with Crippen molar-refractivity contribution in [3.63, 3.8) is 0 Å². The lowest BCUT2D eigenvalue weighted by Crippen LogP contribution is -2.29. The van der Waals surface area contributed by atoms with Gasteiger partial charge in [-0.3, -0.25) is 9.78 Å². The molecular formula is C23H26N4O. The predicted octanol–water partition coefficient (Wildman–Crippen LogP) is 4.26. The van der Waals surface area contributed by atoms with Gasteiger partial charge in [0.1, 0.15) is 5.82 Å². The molecule has 0 aliphatic heterocycles. The number of aryl methyl sites for hydroxylation is 1. The van der Waals surface area contributed by atoms with E-state index >= 15 is 0 Å². The zero-order valence-corrected chi connectivity index (χ0v) is 16.7. The third kappa shape index (κ3) is 4.74. The predicted molar refractivity (Wildman–Crippen MR) is 113 cm³/mol. The normalized spacial score (nSPS) is 10.5. The summed E-state index contributed by atoms with van der Waals surface area (Å²) in [5.74, 6) is 0.777. The number of pyridine rings is 2. The second-order valence-electron chi connectivity index (χ2n) is 6.82. The monoisotopic (exact) mass is 374 g/mol. The maximum Gasteiger partial charge on any atom is 0.253 e. The van der Waals surface area contributed by atoms with Gasteiger partial charge in [0.15, 0.2) is 0 Å². The highest BCUT2D eigenvalue weighted by atomic mass is 16.2. The number of likely N-dealkylation sites (N-methyl/N-ethyl adjacent to an activating group) is 1. The Kier molecular flexibility index (Phi) is 6.37. The molecule has 3 aromatic rings. The second-order valence-corrected chi connectivity index (χ2v) is 6.82. The maximum absolute atomic E-state index is 12.9. The van der Waals surface area contributed by atoms with Crippen LogP contribution in [0.3, 0.4) is 0 Å². The molecule has 0 saturated heterocycles. The van der Waals surface area contributed by atoms with Crippen LogP contribution in [0, 0.1) is 6.92 Å². The third-order valence-corrected chi connectivity index (χ3v) is 4.73. The molecule has 1 aromatic carbocycles. The lowest BCUT2D eigenvalue weighted by Gasteiger charge is -2.23. The third-order valence-electron chi connectivity index (χ3n) is 4.73. The van der Waals surface area contributed by atoms with Crippen molar-refractivity contribution < 1.29 is 4.79 Å². The molecule has 0 aliphatic rings. The van der Waals surface area contributed by atoms with Gasteiger partial charge in [0.2, 0.25) is 0 Å². The number of carbonyl (C=O) groups excluding carboxylic acids is 1. The summed E-state index contributed by atoms with van der Waals surface area (Å²) < 4.78 is 0. The molecule has 1 amide bonds. The zero-order valence-electron chi connectivity index (χ0n) is 16.7. The maximum atomic E-state index is 12.9. The second kappa shape index (κ2) is 9.13. The average molecular weight is 374 g/mol. The highest BCUT2D eigenvalue weighted by molar-refractivity contribution is 5.94.